The minimum atomic E-state index is -0.623. The Balaban J connectivity index is 0.00000200. The molecular weight excluding hydrogens is 280 g/mol. The highest BCUT2D eigenvalue weighted by Gasteiger charge is 2.18. The maximum atomic E-state index is 11.6. The first-order chi connectivity index (χ1) is 9.20. The summed E-state index contributed by atoms with van der Waals surface area (Å²) >= 11 is 0. The fourth-order valence-electron chi connectivity index (χ4n) is 2.41. The van der Waals surface area contributed by atoms with E-state index in [-0.39, 0.29) is 24.9 Å². The standard InChI is InChI=1S/C13H22N4O2.ClH/c1-19-9-12(14)13(18)15-8-10-6-7-17(16-10)11-4-2-3-5-11;/h6-7,11-12H,2-5,8-9,14H2,1H3,(H,15,18);1H. The summed E-state index contributed by atoms with van der Waals surface area (Å²) in [6.07, 6.45) is 6.95. The smallest absolute Gasteiger partial charge is 0.239 e. The maximum Gasteiger partial charge on any atom is 0.239 e. The van der Waals surface area contributed by atoms with Crippen molar-refractivity contribution in [3.8, 4) is 0 Å². The molecule has 1 aliphatic carbocycles. The lowest BCUT2D eigenvalue weighted by atomic mass is 10.3. The molecule has 1 heterocycles. The van der Waals surface area contributed by atoms with Gasteiger partial charge in [0.2, 0.25) is 5.91 Å². The number of methoxy groups -OCH3 is 1. The summed E-state index contributed by atoms with van der Waals surface area (Å²) in [5.74, 6) is -0.211. The number of hydrogen-bond acceptors (Lipinski definition) is 4. The van der Waals surface area contributed by atoms with Crippen LogP contribution in [0, 0.1) is 0 Å². The van der Waals surface area contributed by atoms with E-state index in [0.29, 0.717) is 12.6 Å². The third kappa shape index (κ3) is 4.47. The zero-order valence-corrected chi connectivity index (χ0v) is 12.6. The van der Waals surface area contributed by atoms with Gasteiger partial charge in [0.25, 0.3) is 0 Å². The first-order valence-electron chi connectivity index (χ1n) is 6.77. The second-order valence-electron chi connectivity index (χ2n) is 5.01. The topological polar surface area (TPSA) is 82.2 Å². The van der Waals surface area contributed by atoms with Crippen molar-refractivity contribution in [2.24, 2.45) is 5.73 Å². The number of amides is 1. The van der Waals surface area contributed by atoms with Crippen LogP contribution < -0.4 is 11.1 Å². The molecule has 1 amide bonds. The summed E-state index contributed by atoms with van der Waals surface area (Å²) in [7, 11) is 1.52. The summed E-state index contributed by atoms with van der Waals surface area (Å²) in [6.45, 7) is 0.637. The molecule has 0 saturated heterocycles. The van der Waals surface area contributed by atoms with Crippen molar-refractivity contribution in [3.05, 3.63) is 18.0 Å². The average molecular weight is 303 g/mol. The number of nitrogens with two attached hydrogens (primary N) is 1. The van der Waals surface area contributed by atoms with Gasteiger partial charge in [-0.2, -0.15) is 5.10 Å². The van der Waals surface area contributed by atoms with Crippen molar-refractivity contribution in [2.75, 3.05) is 13.7 Å². The van der Waals surface area contributed by atoms with Gasteiger partial charge in [-0.25, -0.2) is 0 Å². The first-order valence-corrected chi connectivity index (χ1v) is 6.77. The van der Waals surface area contributed by atoms with E-state index in [1.807, 2.05) is 16.9 Å². The lowest BCUT2D eigenvalue weighted by molar-refractivity contribution is -0.123. The van der Waals surface area contributed by atoms with Gasteiger partial charge in [0.1, 0.15) is 6.04 Å². The van der Waals surface area contributed by atoms with Gasteiger partial charge in [0.15, 0.2) is 0 Å². The number of aromatic nitrogens is 2. The molecule has 1 aliphatic rings. The van der Waals surface area contributed by atoms with E-state index in [2.05, 4.69) is 10.4 Å². The van der Waals surface area contributed by atoms with Gasteiger partial charge in [-0.1, -0.05) is 12.8 Å². The van der Waals surface area contributed by atoms with Crippen molar-refractivity contribution in [2.45, 2.75) is 44.3 Å². The van der Waals surface area contributed by atoms with Gasteiger partial charge in [-0.05, 0) is 18.9 Å². The molecule has 1 fully saturated rings. The van der Waals surface area contributed by atoms with Gasteiger partial charge in [-0.15, -0.1) is 12.4 Å². The third-order valence-corrected chi connectivity index (χ3v) is 3.49. The highest BCUT2D eigenvalue weighted by Crippen LogP contribution is 2.28. The molecule has 3 N–H and O–H groups in total. The molecule has 1 saturated carbocycles. The lowest BCUT2D eigenvalue weighted by Gasteiger charge is -2.11. The van der Waals surface area contributed by atoms with Crippen LogP contribution in [0.4, 0.5) is 0 Å². The lowest BCUT2D eigenvalue weighted by Crippen LogP contribution is -2.43. The highest BCUT2D eigenvalue weighted by atomic mass is 35.5. The number of carbonyl (C=O) groups excluding carboxylic acids is 1. The molecule has 0 aromatic carbocycles. The van der Waals surface area contributed by atoms with Crippen LogP contribution in [0.2, 0.25) is 0 Å². The van der Waals surface area contributed by atoms with Crippen LogP contribution in [0.25, 0.3) is 0 Å². The summed E-state index contributed by atoms with van der Waals surface area (Å²) < 4.78 is 6.86. The summed E-state index contributed by atoms with van der Waals surface area (Å²) in [5.41, 5.74) is 6.50. The number of halogens is 1. The summed E-state index contributed by atoms with van der Waals surface area (Å²) in [6, 6.07) is 1.85. The number of hydrogen-bond donors (Lipinski definition) is 2. The van der Waals surface area contributed by atoms with E-state index < -0.39 is 6.04 Å². The monoisotopic (exact) mass is 302 g/mol. The van der Waals surface area contributed by atoms with E-state index in [1.54, 1.807) is 0 Å². The Hall–Kier alpha value is -1.11. The Morgan fingerprint density at radius 2 is 2.30 bits per heavy atom. The van der Waals surface area contributed by atoms with Gasteiger partial charge in [0, 0.05) is 13.3 Å². The minimum absolute atomic E-state index is 0. The zero-order valence-electron chi connectivity index (χ0n) is 11.7. The fraction of sp³-hybridized carbons (Fsp3) is 0.692. The number of rotatable bonds is 6. The van der Waals surface area contributed by atoms with E-state index in [1.165, 1.54) is 32.8 Å². The van der Waals surface area contributed by atoms with Crippen LogP contribution in [-0.2, 0) is 16.1 Å². The molecular formula is C13H23ClN4O2. The van der Waals surface area contributed by atoms with Gasteiger partial charge < -0.3 is 15.8 Å². The van der Waals surface area contributed by atoms with Crippen LogP contribution in [0.3, 0.4) is 0 Å². The fourth-order valence-corrected chi connectivity index (χ4v) is 2.41. The van der Waals surface area contributed by atoms with E-state index in [0.717, 1.165) is 5.69 Å². The Labute approximate surface area is 125 Å². The molecule has 0 aliphatic heterocycles. The van der Waals surface area contributed by atoms with Crippen LogP contribution in [0.1, 0.15) is 37.4 Å². The molecule has 0 spiro atoms. The Morgan fingerprint density at radius 1 is 1.60 bits per heavy atom. The minimum Gasteiger partial charge on any atom is -0.383 e. The van der Waals surface area contributed by atoms with E-state index in [4.69, 9.17) is 10.5 Å². The number of ether oxygens (including phenoxy) is 1. The van der Waals surface area contributed by atoms with Crippen molar-refractivity contribution in [1.29, 1.82) is 0 Å². The largest absolute Gasteiger partial charge is 0.383 e. The predicted octanol–water partition coefficient (Wildman–Crippen LogP) is 1.01. The molecule has 1 atom stereocenters. The van der Waals surface area contributed by atoms with Crippen molar-refractivity contribution >= 4 is 18.3 Å². The van der Waals surface area contributed by atoms with Crippen LogP contribution in [0.5, 0.6) is 0 Å². The van der Waals surface area contributed by atoms with Crippen LogP contribution in [-0.4, -0.2) is 35.4 Å². The molecule has 1 unspecified atom stereocenters. The Morgan fingerprint density at radius 3 is 2.95 bits per heavy atom. The van der Waals surface area contributed by atoms with Crippen LogP contribution >= 0.6 is 12.4 Å². The summed E-state index contributed by atoms with van der Waals surface area (Å²) in [4.78, 5) is 11.6. The Bertz CT molecular complexity index is 418. The molecule has 2 rings (SSSR count). The average Bonchev–Trinajstić information content (AvgIpc) is 3.06. The zero-order chi connectivity index (χ0) is 13.7. The molecule has 7 heteroatoms. The van der Waals surface area contributed by atoms with Crippen molar-refractivity contribution < 1.29 is 9.53 Å². The van der Waals surface area contributed by atoms with Gasteiger partial charge in [0.05, 0.1) is 24.9 Å². The maximum absolute atomic E-state index is 11.6. The normalized spacial score (nSPS) is 16.7. The predicted molar refractivity (Wildman–Crippen MR) is 78.7 cm³/mol. The van der Waals surface area contributed by atoms with Gasteiger partial charge >= 0.3 is 0 Å². The number of nitrogens with one attached hydrogen (secondary N) is 1. The van der Waals surface area contributed by atoms with E-state index >= 15 is 0 Å². The number of nitrogens with zero attached hydrogens (tertiary/aromatic N) is 2. The molecule has 114 valence electrons. The molecule has 6 nitrogen and oxygen atoms in total. The van der Waals surface area contributed by atoms with Gasteiger partial charge in [-0.3, -0.25) is 9.48 Å². The first kappa shape index (κ1) is 16.9. The molecule has 0 bridgehead atoms. The Kier molecular flexibility index (Phi) is 6.98. The number of carbonyl (C=O) groups is 1. The quantitative estimate of drug-likeness (QED) is 0.821. The van der Waals surface area contributed by atoms with Crippen LogP contribution in [0.15, 0.2) is 12.3 Å². The van der Waals surface area contributed by atoms with E-state index in [9.17, 15) is 4.79 Å². The highest BCUT2D eigenvalue weighted by molar-refractivity contribution is 5.85. The third-order valence-electron chi connectivity index (χ3n) is 3.49. The molecule has 1 aromatic heterocycles. The second kappa shape index (κ2) is 8.24. The van der Waals surface area contributed by atoms with Crippen molar-refractivity contribution in [3.63, 3.8) is 0 Å². The molecule has 20 heavy (non-hydrogen) atoms. The molecule has 1 aromatic rings. The second-order valence-corrected chi connectivity index (χ2v) is 5.01. The SMILES string of the molecule is COCC(N)C(=O)NCc1ccn(C2CCCC2)n1.Cl. The van der Waals surface area contributed by atoms with Crippen molar-refractivity contribution in [1.82, 2.24) is 15.1 Å². The molecule has 0 radical (unpaired) electrons. The summed E-state index contributed by atoms with van der Waals surface area (Å²) in [5, 5.41) is 7.27.